The lowest BCUT2D eigenvalue weighted by Crippen LogP contribution is -2.21. The zero-order valence-corrected chi connectivity index (χ0v) is 10.2. The number of ether oxygens (including phenoxy) is 1. The number of nitro groups is 1. The largest absolute Gasteiger partial charge is 0.573 e. The van der Waals surface area contributed by atoms with E-state index in [2.05, 4.69) is 9.72 Å². The van der Waals surface area contributed by atoms with Gasteiger partial charge in [0.1, 0.15) is 9.90 Å². The summed E-state index contributed by atoms with van der Waals surface area (Å²) >= 11 is 1.28. The summed E-state index contributed by atoms with van der Waals surface area (Å²) in [7, 11) is 0. The van der Waals surface area contributed by atoms with Crippen molar-refractivity contribution in [2.75, 3.05) is 0 Å². The van der Waals surface area contributed by atoms with Crippen molar-refractivity contribution in [3.8, 4) is 5.75 Å². The Bertz CT molecular complexity index is 519. The number of carbonyl (C=O) groups is 1. The van der Waals surface area contributed by atoms with E-state index in [1.165, 1.54) is 22.6 Å². The van der Waals surface area contributed by atoms with Crippen molar-refractivity contribution >= 4 is 34.2 Å². The van der Waals surface area contributed by atoms with Gasteiger partial charge in [0.25, 0.3) is 0 Å². The number of alkyl halides is 3. The van der Waals surface area contributed by atoms with Gasteiger partial charge >= 0.3 is 18.0 Å². The van der Waals surface area contributed by atoms with Crippen LogP contribution < -0.4 is 4.74 Å². The average Bonchev–Trinajstić information content (AvgIpc) is 2.17. The number of halogens is 4. The van der Waals surface area contributed by atoms with Gasteiger partial charge in [-0.15, -0.1) is 13.2 Å². The molecule has 0 amide bonds. The molecule has 1 heterocycles. The van der Waals surface area contributed by atoms with Gasteiger partial charge in [0.2, 0.25) is 0 Å². The number of carboxylic acids is 1. The smallest absolute Gasteiger partial charge is 0.477 e. The summed E-state index contributed by atoms with van der Waals surface area (Å²) in [5, 5.41) is 19.3. The number of carboxylic acid groups (broad SMARTS) is 1. The van der Waals surface area contributed by atoms with Crippen molar-refractivity contribution in [1.29, 1.82) is 0 Å². The quantitative estimate of drug-likeness (QED) is 0.375. The lowest BCUT2D eigenvalue weighted by atomic mass is 10.2. The summed E-state index contributed by atoms with van der Waals surface area (Å²) in [6, 6.07) is 0. The van der Waals surface area contributed by atoms with E-state index in [9.17, 15) is 28.1 Å². The summed E-state index contributed by atoms with van der Waals surface area (Å²) in [6.07, 6.45) is -4.63. The molecule has 1 aromatic heterocycles. The summed E-state index contributed by atoms with van der Waals surface area (Å²) in [5.41, 5.74) is -2.28. The van der Waals surface area contributed by atoms with Gasteiger partial charge in [-0.2, -0.15) is 0 Å². The molecule has 0 bridgehead atoms. The van der Waals surface area contributed by atoms with Crippen molar-refractivity contribution in [3.05, 3.63) is 25.6 Å². The molecule has 0 aliphatic rings. The third kappa shape index (κ3) is 3.18. The number of aromatic carboxylic acids is 1. The van der Waals surface area contributed by atoms with Crippen LogP contribution in [0.15, 0.2) is 6.20 Å². The van der Waals surface area contributed by atoms with Gasteiger partial charge in [-0.1, -0.05) is 0 Å². The fourth-order valence-corrected chi connectivity index (χ4v) is 1.53. The van der Waals surface area contributed by atoms with Crippen LogP contribution in [-0.4, -0.2) is 27.3 Å². The van der Waals surface area contributed by atoms with Crippen LogP contribution in [0.3, 0.4) is 0 Å². The predicted molar refractivity (Wildman–Crippen MR) is 57.3 cm³/mol. The van der Waals surface area contributed by atoms with Gasteiger partial charge in [-0.25, -0.2) is 9.78 Å². The first-order valence-electron chi connectivity index (χ1n) is 3.95. The Morgan fingerprint density at radius 3 is 2.50 bits per heavy atom. The fourth-order valence-electron chi connectivity index (χ4n) is 1.01. The highest BCUT2D eigenvalue weighted by Crippen LogP contribution is 2.34. The Labute approximate surface area is 110 Å². The fraction of sp³-hybridized carbons (Fsp3) is 0.143. The molecule has 0 saturated carbocycles. The molecule has 0 spiro atoms. The molecule has 0 unspecified atom stereocenters. The first kappa shape index (κ1) is 14.4. The standard InChI is InChI=1S/C7H2F3IN2O5/c8-7(9,10)18-4-3(6(14)15)2(13(16)17)1-12-5(4)11/h1H,(H,14,15). The molecule has 0 aromatic carbocycles. The maximum absolute atomic E-state index is 12.1. The maximum atomic E-state index is 12.1. The summed E-state index contributed by atoms with van der Waals surface area (Å²) in [4.78, 5) is 23.4. The van der Waals surface area contributed by atoms with Crippen molar-refractivity contribution in [2.24, 2.45) is 0 Å². The third-order valence-electron chi connectivity index (χ3n) is 1.60. The summed E-state index contributed by atoms with van der Waals surface area (Å²) in [5.74, 6) is -3.12. The number of pyridine rings is 1. The molecular weight excluding hydrogens is 376 g/mol. The van der Waals surface area contributed by atoms with Gasteiger partial charge in [-0.05, 0) is 22.6 Å². The number of hydrogen-bond donors (Lipinski definition) is 1. The molecule has 11 heteroatoms. The second kappa shape index (κ2) is 4.91. The highest BCUT2D eigenvalue weighted by atomic mass is 127. The van der Waals surface area contributed by atoms with E-state index >= 15 is 0 Å². The molecule has 0 saturated heterocycles. The molecule has 1 N–H and O–H groups in total. The molecule has 0 aliphatic heterocycles. The number of hydrogen-bond acceptors (Lipinski definition) is 5. The summed E-state index contributed by atoms with van der Waals surface area (Å²) in [6.45, 7) is 0. The van der Waals surface area contributed by atoms with Crippen LogP contribution in [0.2, 0.25) is 0 Å². The van der Waals surface area contributed by atoms with Crippen LogP contribution in [0.4, 0.5) is 18.9 Å². The third-order valence-corrected chi connectivity index (χ3v) is 2.37. The molecule has 1 aromatic rings. The number of rotatable bonds is 3. The zero-order chi connectivity index (χ0) is 14.1. The molecule has 0 aliphatic carbocycles. The number of nitrogens with zero attached hydrogens (tertiary/aromatic N) is 2. The Hall–Kier alpha value is -1.66. The first-order chi connectivity index (χ1) is 8.13. The first-order valence-corrected chi connectivity index (χ1v) is 5.03. The van der Waals surface area contributed by atoms with E-state index in [4.69, 9.17) is 5.11 Å². The Morgan fingerprint density at radius 2 is 2.11 bits per heavy atom. The number of aromatic nitrogens is 1. The predicted octanol–water partition coefficient (Wildman–Crippen LogP) is 2.19. The molecule has 98 valence electrons. The highest BCUT2D eigenvalue weighted by Gasteiger charge is 2.37. The Kier molecular flexibility index (Phi) is 3.93. The second-order valence-electron chi connectivity index (χ2n) is 2.75. The van der Waals surface area contributed by atoms with Crippen LogP contribution in [0.25, 0.3) is 0 Å². The van der Waals surface area contributed by atoms with Gasteiger partial charge in [-0.3, -0.25) is 10.1 Å². The topological polar surface area (TPSA) is 103 Å². The normalized spacial score (nSPS) is 11.1. The molecular formula is C7H2F3IN2O5. The van der Waals surface area contributed by atoms with E-state index in [1.54, 1.807) is 0 Å². The van der Waals surface area contributed by atoms with Crippen molar-refractivity contribution in [2.45, 2.75) is 6.36 Å². The highest BCUT2D eigenvalue weighted by molar-refractivity contribution is 14.1. The van der Waals surface area contributed by atoms with E-state index < -0.39 is 38.0 Å². The molecule has 1 rings (SSSR count). The maximum Gasteiger partial charge on any atom is 0.573 e. The summed E-state index contributed by atoms with van der Waals surface area (Å²) < 4.78 is 39.3. The van der Waals surface area contributed by atoms with E-state index in [0.29, 0.717) is 6.20 Å². The molecule has 7 nitrogen and oxygen atoms in total. The van der Waals surface area contributed by atoms with Crippen LogP contribution in [-0.2, 0) is 0 Å². The second-order valence-corrected chi connectivity index (χ2v) is 3.77. The van der Waals surface area contributed by atoms with Crippen LogP contribution in [0.5, 0.6) is 5.75 Å². The molecule has 18 heavy (non-hydrogen) atoms. The van der Waals surface area contributed by atoms with Gasteiger partial charge in [0.15, 0.2) is 11.3 Å². The average molecular weight is 378 g/mol. The lowest BCUT2D eigenvalue weighted by Gasteiger charge is -2.12. The van der Waals surface area contributed by atoms with Crippen LogP contribution in [0, 0.1) is 13.8 Å². The van der Waals surface area contributed by atoms with E-state index in [0.717, 1.165) is 0 Å². The van der Waals surface area contributed by atoms with Crippen molar-refractivity contribution in [1.82, 2.24) is 4.98 Å². The van der Waals surface area contributed by atoms with E-state index in [1.807, 2.05) is 0 Å². The van der Waals surface area contributed by atoms with Crippen molar-refractivity contribution < 1.29 is 32.7 Å². The van der Waals surface area contributed by atoms with E-state index in [-0.39, 0.29) is 0 Å². The van der Waals surface area contributed by atoms with Gasteiger partial charge in [0, 0.05) is 0 Å². The SMILES string of the molecule is O=C(O)c1c([N+](=O)[O-])cnc(I)c1OC(F)(F)F. The minimum atomic E-state index is -5.18. The van der Waals surface area contributed by atoms with Crippen LogP contribution >= 0.6 is 22.6 Å². The van der Waals surface area contributed by atoms with Gasteiger partial charge in [0.05, 0.1) is 4.92 Å². The molecule has 0 atom stereocenters. The van der Waals surface area contributed by atoms with Gasteiger partial charge < -0.3 is 9.84 Å². The minimum Gasteiger partial charge on any atom is -0.477 e. The Balaban J connectivity index is 3.51. The monoisotopic (exact) mass is 378 g/mol. The van der Waals surface area contributed by atoms with Crippen LogP contribution in [0.1, 0.15) is 10.4 Å². The molecule has 0 fully saturated rings. The Morgan fingerprint density at radius 1 is 1.56 bits per heavy atom. The zero-order valence-electron chi connectivity index (χ0n) is 8.06. The lowest BCUT2D eigenvalue weighted by molar-refractivity contribution is -0.385. The van der Waals surface area contributed by atoms with Crippen molar-refractivity contribution in [3.63, 3.8) is 0 Å². The minimum absolute atomic E-state index is 0.451. The molecule has 0 radical (unpaired) electrons.